The summed E-state index contributed by atoms with van der Waals surface area (Å²) >= 11 is 0. The highest BCUT2D eigenvalue weighted by Crippen LogP contribution is 2.38. The van der Waals surface area contributed by atoms with E-state index in [-0.39, 0.29) is 11.1 Å². The molecule has 0 atom stereocenters. The molecule has 23 heavy (non-hydrogen) atoms. The van der Waals surface area contributed by atoms with E-state index >= 15 is 0 Å². The molecule has 1 aromatic rings. The van der Waals surface area contributed by atoms with E-state index in [9.17, 15) is 0 Å². The average molecular weight is 334 g/mol. The quantitative estimate of drug-likeness (QED) is 0.284. The standard InChI is InChI=1S/C19H31NO2Si/c1-16(2)21-15-20-18(22-23(6,7)19(3,4)5)14-13-17-11-9-8-10-12-17/h8-12,14-16H,13H2,1-7H3/b18-14-,20-15+. The van der Waals surface area contributed by atoms with E-state index in [0.29, 0.717) is 5.88 Å². The van der Waals surface area contributed by atoms with Gasteiger partial charge in [0.25, 0.3) is 8.32 Å². The second-order valence-corrected chi connectivity index (χ2v) is 12.2. The van der Waals surface area contributed by atoms with Gasteiger partial charge in [-0.3, -0.25) is 0 Å². The Morgan fingerprint density at radius 1 is 1.17 bits per heavy atom. The van der Waals surface area contributed by atoms with Crippen molar-refractivity contribution in [1.29, 1.82) is 0 Å². The monoisotopic (exact) mass is 333 g/mol. The first-order chi connectivity index (χ1) is 10.6. The van der Waals surface area contributed by atoms with Crippen LogP contribution in [-0.2, 0) is 15.6 Å². The van der Waals surface area contributed by atoms with Crippen molar-refractivity contribution in [3.63, 3.8) is 0 Å². The third kappa shape index (κ3) is 7.04. The summed E-state index contributed by atoms with van der Waals surface area (Å²) in [5.74, 6) is 0.654. The summed E-state index contributed by atoms with van der Waals surface area (Å²) < 4.78 is 11.8. The smallest absolute Gasteiger partial charge is 0.252 e. The molecular formula is C19H31NO2Si. The van der Waals surface area contributed by atoms with Crippen molar-refractivity contribution < 1.29 is 9.16 Å². The zero-order chi connectivity index (χ0) is 17.5. The summed E-state index contributed by atoms with van der Waals surface area (Å²) in [4.78, 5) is 4.40. The highest BCUT2D eigenvalue weighted by atomic mass is 28.4. The second kappa shape index (κ2) is 8.34. The van der Waals surface area contributed by atoms with Crippen LogP contribution in [0.3, 0.4) is 0 Å². The van der Waals surface area contributed by atoms with E-state index in [0.717, 1.165) is 6.42 Å². The fourth-order valence-corrected chi connectivity index (χ4v) is 2.52. The van der Waals surface area contributed by atoms with Gasteiger partial charge in [-0.1, -0.05) is 51.1 Å². The molecule has 0 aromatic heterocycles. The van der Waals surface area contributed by atoms with Gasteiger partial charge in [-0.05, 0) is 50.0 Å². The molecule has 0 N–H and O–H groups in total. The molecule has 0 spiro atoms. The Morgan fingerprint density at radius 3 is 2.30 bits per heavy atom. The predicted molar refractivity (Wildman–Crippen MR) is 101 cm³/mol. The molecule has 1 rings (SSSR count). The van der Waals surface area contributed by atoms with Crippen molar-refractivity contribution in [3.8, 4) is 0 Å². The van der Waals surface area contributed by atoms with Gasteiger partial charge >= 0.3 is 0 Å². The minimum Gasteiger partial charge on any atom is -0.531 e. The lowest BCUT2D eigenvalue weighted by Gasteiger charge is -2.36. The number of allylic oxidation sites excluding steroid dienone is 1. The van der Waals surface area contributed by atoms with Crippen LogP contribution in [0, 0.1) is 0 Å². The number of hydrogen-bond acceptors (Lipinski definition) is 3. The van der Waals surface area contributed by atoms with Crippen molar-refractivity contribution >= 4 is 14.7 Å². The van der Waals surface area contributed by atoms with Gasteiger partial charge in [-0.15, -0.1) is 0 Å². The largest absolute Gasteiger partial charge is 0.531 e. The molecule has 0 heterocycles. The average Bonchev–Trinajstić information content (AvgIpc) is 2.44. The van der Waals surface area contributed by atoms with Gasteiger partial charge in [0.15, 0.2) is 12.3 Å². The Hall–Kier alpha value is -1.55. The minimum absolute atomic E-state index is 0.113. The first kappa shape index (κ1) is 19.5. The molecule has 0 saturated heterocycles. The van der Waals surface area contributed by atoms with E-state index in [4.69, 9.17) is 9.16 Å². The van der Waals surface area contributed by atoms with Crippen molar-refractivity contribution in [2.75, 3.05) is 0 Å². The van der Waals surface area contributed by atoms with Crippen LogP contribution in [0.25, 0.3) is 0 Å². The molecule has 0 radical (unpaired) electrons. The van der Waals surface area contributed by atoms with Crippen LogP contribution in [0.5, 0.6) is 0 Å². The summed E-state index contributed by atoms with van der Waals surface area (Å²) in [6, 6.07) is 10.3. The number of ether oxygens (including phenoxy) is 1. The zero-order valence-corrected chi connectivity index (χ0v) is 16.6. The summed E-state index contributed by atoms with van der Waals surface area (Å²) in [6.45, 7) is 15.1. The summed E-state index contributed by atoms with van der Waals surface area (Å²) in [5, 5.41) is 0.132. The fraction of sp³-hybridized carbons (Fsp3) is 0.526. The van der Waals surface area contributed by atoms with Gasteiger partial charge in [-0.25, -0.2) is 0 Å². The van der Waals surface area contributed by atoms with Crippen molar-refractivity contribution in [2.24, 2.45) is 4.99 Å². The molecule has 0 fully saturated rings. The Kier molecular flexibility index (Phi) is 7.07. The Balaban J connectivity index is 2.90. The molecule has 0 saturated carbocycles. The highest BCUT2D eigenvalue weighted by Gasteiger charge is 2.39. The molecule has 128 valence electrons. The number of rotatable bonds is 7. The molecule has 4 heteroatoms. The van der Waals surface area contributed by atoms with Crippen LogP contribution in [0.15, 0.2) is 47.3 Å². The predicted octanol–water partition coefficient (Wildman–Crippen LogP) is 5.55. The van der Waals surface area contributed by atoms with Gasteiger partial charge in [0.2, 0.25) is 0 Å². The second-order valence-electron chi connectivity index (χ2n) is 7.51. The van der Waals surface area contributed by atoms with Crippen LogP contribution in [-0.4, -0.2) is 20.8 Å². The van der Waals surface area contributed by atoms with Crippen molar-refractivity contribution in [3.05, 3.63) is 47.9 Å². The normalized spacial score (nSPS) is 13.7. The molecular weight excluding hydrogens is 302 g/mol. The van der Waals surface area contributed by atoms with Crippen LogP contribution < -0.4 is 0 Å². The summed E-state index contributed by atoms with van der Waals surface area (Å²) in [6.07, 6.45) is 4.44. The van der Waals surface area contributed by atoms with Gasteiger partial charge in [0.1, 0.15) is 0 Å². The molecule has 1 aromatic carbocycles. The fourth-order valence-electron chi connectivity index (χ4n) is 1.56. The first-order valence-electron chi connectivity index (χ1n) is 8.23. The minimum atomic E-state index is -1.92. The lowest BCUT2D eigenvalue weighted by molar-refractivity contribution is 0.239. The molecule has 0 aliphatic carbocycles. The van der Waals surface area contributed by atoms with E-state index in [2.05, 4.69) is 51.0 Å². The van der Waals surface area contributed by atoms with Crippen molar-refractivity contribution in [1.82, 2.24) is 0 Å². The maximum absolute atomic E-state index is 6.33. The van der Waals surface area contributed by atoms with Crippen LogP contribution in [0.4, 0.5) is 0 Å². The van der Waals surface area contributed by atoms with E-state index in [1.807, 2.05) is 38.1 Å². The first-order valence-corrected chi connectivity index (χ1v) is 11.1. The van der Waals surface area contributed by atoms with Crippen LogP contribution in [0.1, 0.15) is 40.2 Å². The molecule has 0 unspecified atom stereocenters. The Bertz CT molecular complexity index is 528. The van der Waals surface area contributed by atoms with Gasteiger partial charge in [0, 0.05) is 0 Å². The van der Waals surface area contributed by atoms with Gasteiger partial charge < -0.3 is 9.16 Å². The zero-order valence-electron chi connectivity index (χ0n) is 15.6. The summed E-state index contributed by atoms with van der Waals surface area (Å²) in [7, 11) is -1.92. The Morgan fingerprint density at radius 2 is 1.78 bits per heavy atom. The van der Waals surface area contributed by atoms with Crippen LogP contribution >= 0.6 is 0 Å². The van der Waals surface area contributed by atoms with Crippen LogP contribution in [0.2, 0.25) is 18.1 Å². The third-order valence-electron chi connectivity index (χ3n) is 4.03. The lowest BCUT2D eigenvalue weighted by Crippen LogP contribution is -2.40. The van der Waals surface area contributed by atoms with Gasteiger partial charge in [-0.2, -0.15) is 4.99 Å². The molecule has 3 nitrogen and oxygen atoms in total. The van der Waals surface area contributed by atoms with E-state index < -0.39 is 8.32 Å². The Labute approximate surface area is 142 Å². The topological polar surface area (TPSA) is 30.8 Å². The SMILES string of the molecule is CC(C)O/C=N/C(=C/Cc1ccccc1)O[Si](C)(C)C(C)(C)C. The number of aliphatic imine (C=N–C) groups is 1. The maximum Gasteiger partial charge on any atom is 0.252 e. The third-order valence-corrected chi connectivity index (χ3v) is 8.37. The number of hydrogen-bond donors (Lipinski definition) is 0. The van der Waals surface area contributed by atoms with E-state index in [1.165, 1.54) is 12.0 Å². The number of nitrogens with zero attached hydrogens (tertiary/aromatic N) is 1. The molecule has 0 amide bonds. The van der Waals surface area contributed by atoms with Gasteiger partial charge in [0.05, 0.1) is 6.10 Å². The number of benzene rings is 1. The maximum atomic E-state index is 6.33. The lowest BCUT2D eigenvalue weighted by atomic mass is 10.1. The van der Waals surface area contributed by atoms with Crippen molar-refractivity contribution in [2.45, 2.75) is 65.3 Å². The highest BCUT2D eigenvalue weighted by molar-refractivity contribution is 6.74. The molecule has 0 aliphatic heterocycles. The van der Waals surface area contributed by atoms with E-state index in [1.54, 1.807) is 0 Å². The molecule has 0 bridgehead atoms. The summed E-state index contributed by atoms with van der Waals surface area (Å²) in [5.41, 5.74) is 1.24. The molecule has 0 aliphatic rings.